The Hall–Kier alpha value is -1.80. The topological polar surface area (TPSA) is 84.5 Å². The number of benzene rings is 2. The van der Waals surface area contributed by atoms with Crippen molar-refractivity contribution in [3.05, 3.63) is 52.5 Å². The second-order valence-electron chi connectivity index (χ2n) is 5.33. The Bertz CT molecular complexity index is 871. The van der Waals surface area contributed by atoms with Gasteiger partial charge in [-0.25, -0.2) is 13.1 Å². The molecular weight excluding hydrogens is 399 g/mol. The molecule has 6 nitrogen and oxygen atoms in total. The van der Waals surface area contributed by atoms with Crippen LogP contribution in [0.3, 0.4) is 0 Å². The van der Waals surface area contributed by atoms with Crippen LogP contribution in [-0.2, 0) is 14.8 Å². The summed E-state index contributed by atoms with van der Waals surface area (Å²) >= 11 is 11.7. The van der Waals surface area contributed by atoms with Crippen LogP contribution in [0.2, 0.25) is 10.0 Å². The van der Waals surface area contributed by atoms with Crippen LogP contribution in [0.5, 0.6) is 5.75 Å². The highest BCUT2D eigenvalue weighted by Crippen LogP contribution is 2.25. The zero-order valence-corrected chi connectivity index (χ0v) is 16.3. The monoisotopic (exact) mass is 416 g/mol. The molecule has 2 N–H and O–H groups in total. The molecule has 0 saturated heterocycles. The van der Waals surface area contributed by atoms with Crippen LogP contribution >= 0.6 is 23.2 Å². The smallest absolute Gasteiger partial charge is 0.262 e. The van der Waals surface area contributed by atoms with Crippen LogP contribution < -0.4 is 14.8 Å². The Kier molecular flexibility index (Phi) is 7.28. The third-order valence-electron chi connectivity index (χ3n) is 3.25. The van der Waals surface area contributed by atoms with Gasteiger partial charge in [0, 0.05) is 12.2 Å². The van der Waals surface area contributed by atoms with E-state index in [1.165, 1.54) is 30.3 Å². The summed E-state index contributed by atoms with van der Waals surface area (Å²) in [7, 11) is -3.53. The highest BCUT2D eigenvalue weighted by molar-refractivity contribution is 7.89. The lowest BCUT2D eigenvalue weighted by atomic mass is 10.3. The quantitative estimate of drug-likeness (QED) is 0.686. The molecule has 0 unspecified atom stereocenters. The molecule has 0 atom stereocenters. The molecule has 0 fully saturated rings. The fourth-order valence-corrected chi connectivity index (χ4v) is 3.39. The van der Waals surface area contributed by atoms with Crippen LogP contribution in [0.4, 0.5) is 5.69 Å². The molecule has 140 valence electrons. The number of hydrogen-bond donors (Lipinski definition) is 2. The number of sulfonamides is 1. The summed E-state index contributed by atoms with van der Waals surface area (Å²) in [6, 6.07) is 10.6. The maximum absolute atomic E-state index is 12.0. The van der Waals surface area contributed by atoms with Crippen molar-refractivity contribution in [3.8, 4) is 5.75 Å². The second-order valence-corrected chi connectivity index (χ2v) is 7.92. The van der Waals surface area contributed by atoms with Crippen LogP contribution in [0, 0.1) is 0 Å². The summed E-state index contributed by atoms with van der Waals surface area (Å²) in [5.41, 5.74) is 0.497. The third-order valence-corrected chi connectivity index (χ3v) is 5.47. The number of anilines is 1. The van der Waals surface area contributed by atoms with Gasteiger partial charge in [0.25, 0.3) is 5.91 Å². The molecule has 26 heavy (non-hydrogen) atoms. The maximum Gasteiger partial charge on any atom is 0.262 e. The summed E-state index contributed by atoms with van der Waals surface area (Å²) in [6.45, 7) is 2.01. The molecule has 0 aliphatic heterocycles. The fourth-order valence-electron chi connectivity index (χ4n) is 1.95. The summed E-state index contributed by atoms with van der Waals surface area (Å²) in [5, 5.41) is 3.35. The molecule has 0 aliphatic carbocycles. The van der Waals surface area contributed by atoms with Gasteiger partial charge in [-0.3, -0.25) is 4.79 Å². The molecule has 0 spiro atoms. The van der Waals surface area contributed by atoms with E-state index in [0.717, 1.165) is 0 Å². The predicted octanol–water partition coefficient (Wildman–Crippen LogP) is 3.70. The number of ether oxygens (including phenoxy) is 1. The first kappa shape index (κ1) is 20.5. The SMILES string of the molecule is CCCNS(=O)(=O)c1ccc(OCC(=O)Nc2ccc(Cl)c(Cl)c2)cc1. The van der Waals surface area contributed by atoms with Crippen molar-refractivity contribution in [2.75, 3.05) is 18.5 Å². The van der Waals surface area contributed by atoms with Crippen molar-refractivity contribution in [3.63, 3.8) is 0 Å². The molecule has 2 rings (SSSR count). The van der Waals surface area contributed by atoms with Crippen molar-refractivity contribution in [2.45, 2.75) is 18.2 Å². The van der Waals surface area contributed by atoms with E-state index in [-0.39, 0.29) is 17.4 Å². The lowest BCUT2D eigenvalue weighted by Crippen LogP contribution is -2.24. The molecule has 0 saturated carbocycles. The van der Waals surface area contributed by atoms with Crippen molar-refractivity contribution >= 4 is 44.8 Å². The minimum atomic E-state index is -3.53. The van der Waals surface area contributed by atoms with E-state index in [4.69, 9.17) is 27.9 Å². The summed E-state index contributed by atoms with van der Waals surface area (Å²) in [6.07, 6.45) is 0.703. The van der Waals surface area contributed by atoms with E-state index < -0.39 is 10.0 Å². The summed E-state index contributed by atoms with van der Waals surface area (Å²) in [4.78, 5) is 12.0. The average Bonchev–Trinajstić information content (AvgIpc) is 2.62. The van der Waals surface area contributed by atoms with Gasteiger partial charge < -0.3 is 10.1 Å². The van der Waals surface area contributed by atoms with Gasteiger partial charge in [-0.2, -0.15) is 0 Å². The van der Waals surface area contributed by atoms with Crippen molar-refractivity contribution in [2.24, 2.45) is 0 Å². The Morgan fingerprint density at radius 3 is 2.38 bits per heavy atom. The predicted molar refractivity (Wildman–Crippen MR) is 103 cm³/mol. The molecule has 0 heterocycles. The molecule has 0 bridgehead atoms. The van der Waals surface area contributed by atoms with E-state index in [9.17, 15) is 13.2 Å². The van der Waals surface area contributed by atoms with Crippen molar-refractivity contribution in [1.29, 1.82) is 0 Å². The van der Waals surface area contributed by atoms with Gasteiger partial charge in [0.2, 0.25) is 10.0 Å². The number of halogens is 2. The Morgan fingerprint density at radius 1 is 1.08 bits per heavy atom. The Morgan fingerprint density at radius 2 is 1.77 bits per heavy atom. The molecular formula is C17H18Cl2N2O4S. The molecule has 0 aromatic heterocycles. The van der Waals surface area contributed by atoms with E-state index in [1.54, 1.807) is 12.1 Å². The zero-order valence-electron chi connectivity index (χ0n) is 14.0. The highest BCUT2D eigenvalue weighted by Gasteiger charge is 2.13. The van der Waals surface area contributed by atoms with Gasteiger partial charge in [0.05, 0.1) is 14.9 Å². The van der Waals surface area contributed by atoms with E-state index in [1.807, 2.05) is 6.92 Å². The number of hydrogen-bond acceptors (Lipinski definition) is 4. The number of carbonyl (C=O) groups excluding carboxylic acids is 1. The van der Waals surface area contributed by atoms with Crippen LogP contribution in [-0.4, -0.2) is 27.5 Å². The second kappa shape index (κ2) is 9.23. The minimum absolute atomic E-state index is 0.138. The van der Waals surface area contributed by atoms with Gasteiger partial charge in [-0.15, -0.1) is 0 Å². The van der Waals surface area contributed by atoms with E-state index in [2.05, 4.69) is 10.0 Å². The highest BCUT2D eigenvalue weighted by atomic mass is 35.5. The van der Waals surface area contributed by atoms with Crippen molar-refractivity contribution in [1.82, 2.24) is 4.72 Å². The first-order valence-corrected chi connectivity index (χ1v) is 10.0. The van der Waals surface area contributed by atoms with Crippen molar-refractivity contribution < 1.29 is 17.9 Å². The molecule has 1 amide bonds. The first-order valence-electron chi connectivity index (χ1n) is 7.79. The summed E-state index contributed by atoms with van der Waals surface area (Å²) in [5.74, 6) is -0.00608. The lowest BCUT2D eigenvalue weighted by molar-refractivity contribution is -0.118. The molecule has 2 aromatic rings. The molecule has 0 radical (unpaired) electrons. The minimum Gasteiger partial charge on any atom is -0.484 e. The Balaban J connectivity index is 1.91. The van der Waals surface area contributed by atoms with E-state index >= 15 is 0 Å². The van der Waals surface area contributed by atoms with Gasteiger partial charge in [0.1, 0.15) is 5.75 Å². The third kappa shape index (κ3) is 5.88. The number of carbonyl (C=O) groups is 1. The maximum atomic E-state index is 12.0. The lowest BCUT2D eigenvalue weighted by Gasteiger charge is -2.09. The van der Waals surface area contributed by atoms with Crippen LogP contribution in [0.1, 0.15) is 13.3 Å². The Labute approximate surface area is 162 Å². The van der Waals surface area contributed by atoms with Gasteiger partial charge in [-0.05, 0) is 48.9 Å². The molecule has 0 aliphatic rings. The average molecular weight is 417 g/mol. The number of amides is 1. The largest absolute Gasteiger partial charge is 0.484 e. The molecule has 2 aromatic carbocycles. The molecule has 9 heteroatoms. The van der Waals surface area contributed by atoms with Gasteiger partial charge in [-0.1, -0.05) is 30.1 Å². The van der Waals surface area contributed by atoms with Crippen LogP contribution in [0.15, 0.2) is 47.4 Å². The van der Waals surface area contributed by atoms with E-state index in [0.29, 0.717) is 34.4 Å². The summed E-state index contributed by atoms with van der Waals surface area (Å²) < 4.78 is 31.8. The number of nitrogens with one attached hydrogen (secondary N) is 2. The standard InChI is InChI=1S/C17H18Cl2N2O4S/c1-2-9-20-26(23,24)14-6-4-13(5-7-14)25-11-17(22)21-12-3-8-15(18)16(19)10-12/h3-8,10,20H,2,9,11H2,1H3,(H,21,22). The van der Waals surface area contributed by atoms with Crippen LogP contribution in [0.25, 0.3) is 0 Å². The van der Waals surface area contributed by atoms with Gasteiger partial charge >= 0.3 is 0 Å². The number of rotatable bonds is 8. The first-order chi connectivity index (χ1) is 12.3. The zero-order chi connectivity index (χ0) is 19.2. The normalized spacial score (nSPS) is 11.2. The van der Waals surface area contributed by atoms with Gasteiger partial charge in [0.15, 0.2) is 6.61 Å². The fraction of sp³-hybridized carbons (Fsp3) is 0.235.